The van der Waals surface area contributed by atoms with Gasteiger partial charge in [0.15, 0.2) is 0 Å². The molecule has 0 heterocycles. The van der Waals surface area contributed by atoms with Gasteiger partial charge in [0.05, 0.1) is 0 Å². The van der Waals surface area contributed by atoms with Crippen molar-refractivity contribution in [1.29, 1.82) is 0 Å². The molecule has 0 radical (unpaired) electrons. The minimum Gasteiger partial charge on any atom is -0.354 e. The molecule has 0 aliphatic heterocycles. The molecule has 1 aliphatic carbocycles. The highest BCUT2D eigenvalue weighted by Crippen LogP contribution is 2.38. The summed E-state index contributed by atoms with van der Waals surface area (Å²) >= 11 is 1.93. The Morgan fingerprint density at radius 3 is 2.25 bits per heavy atom. The monoisotopic (exact) mass is 243 g/mol. The van der Waals surface area contributed by atoms with E-state index in [1.54, 1.807) is 0 Å². The van der Waals surface area contributed by atoms with Gasteiger partial charge in [-0.05, 0) is 19.1 Å². The van der Waals surface area contributed by atoms with E-state index in [0.717, 1.165) is 6.54 Å². The summed E-state index contributed by atoms with van der Waals surface area (Å²) in [4.78, 5) is 11.8. The highest BCUT2D eigenvalue weighted by molar-refractivity contribution is 8.00. The van der Waals surface area contributed by atoms with Gasteiger partial charge in [-0.2, -0.15) is 11.8 Å². The van der Waals surface area contributed by atoms with Gasteiger partial charge < -0.3 is 5.32 Å². The lowest BCUT2D eigenvalue weighted by Crippen LogP contribution is -2.45. The molecule has 0 atom stereocenters. The van der Waals surface area contributed by atoms with E-state index in [1.807, 2.05) is 32.5 Å². The van der Waals surface area contributed by atoms with Gasteiger partial charge in [-0.25, -0.2) is 0 Å². The van der Waals surface area contributed by atoms with Crippen LogP contribution in [0.5, 0.6) is 0 Å². The lowest BCUT2D eigenvalue weighted by molar-refractivity contribution is -0.128. The molecule has 0 unspecified atom stereocenters. The van der Waals surface area contributed by atoms with Crippen LogP contribution in [-0.2, 0) is 4.79 Å². The average Bonchev–Trinajstić information content (AvgIpc) is 2.26. The maximum Gasteiger partial charge on any atom is 0.225 e. The van der Waals surface area contributed by atoms with Gasteiger partial charge in [-0.1, -0.05) is 40.0 Å². The molecule has 1 N–H and O–H groups in total. The lowest BCUT2D eigenvalue weighted by atomic mass is 9.87. The number of hydrogen-bond donors (Lipinski definition) is 1. The van der Waals surface area contributed by atoms with E-state index in [0.29, 0.717) is 4.75 Å². The first kappa shape index (κ1) is 13.9. The summed E-state index contributed by atoms with van der Waals surface area (Å²) in [6.07, 6.45) is 8.65. The highest BCUT2D eigenvalue weighted by Gasteiger charge is 2.32. The number of thioether (sulfide) groups is 1. The van der Waals surface area contributed by atoms with Gasteiger partial charge in [-0.15, -0.1) is 0 Å². The molecule has 1 amide bonds. The predicted octanol–water partition coefficient (Wildman–Crippen LogP) is 3.21. The molecule has 2 nitrogen and oxygen atoms in total. The number of rotatable bonds is 3. The third-order valence-electron chi connectivity index (χ3n) is 3.45. The van der Waals surface area contributed by atoms with Crippen LogP contribution >= 0.6 is 11.8 Å². The van der Waals surface area contributed by atoms with Crippen molar-refractivity contribution >= 4 is 17.7 Å². The number of nitrogens with one attached hydrogen (secondary N) is 1. The molecular formula is C13H25NOS. The Labute approximate surface area is 104 Å². The summed E-state index contributed by atoms with van der Waals surface area (Å²) < 4.78 is 0.305. The fourth-order valence-corrected chi connectivity index (χ4v) is 3.07. The van der Waals surface area contributed by atoms with Crippen LogP contribution in [0.1, 0.15) is 52.9 Å². The topological polar surface area (TPSA) is 29.1 Å². The van der Waals surface area contributed by atoms with Crippen molar-refractivity contribution < 1.29 is 4.79 Å². The first-order chi connectivity index (χ1) is 7.40. The Hall–Kier alpha value is -0.180. The minimum atomic E-state index is -0.270. The largest absolute Gasteiger partial charge is 0.354 e. The molecule has 0 bridgehead atoms. The number of amides is 1. The van der Waals surface area contributed by atoms with E-state index in [1.165, 1.54) is 32.1 Å². The summed E-state index contributed by atoms with van der Waals surface area (Å²) in [5.74, 6) is 0.173. The lowest BCUT2D eigenvalue weighted by Gasteiger charge is -2.36. The summed E-state index contributed by atoms with van der Waals surface area (Å²) in [7, 11) is 0. The molecule has 3 heteroatoms. The smallest absolute Gasteiger partial charge is 0.225 e. The van der Waals surface area contributed by atoms with Crippen LogP contribution in [0.25, 0.3) is 0 Å². The van der Waals surface area contributed by atoms with Crippen molar-refractivity contribution in [1.82, 2.24) is 5.32 Å². The third-order valence-corrected chi connectivity index (χ3v) is 4.87. The van der Waals surface area contributed by atoms with Gasteiger partial charge in [0.1, 0.15) is 0 Å². The molecule has 94 valence electrons. The minimum absolute atomic E-state index is 0.173. The van der Waals surface area contributed by atoms with E-state index < -0.39 is 0 Å². The fraction of sp³-hybridized carbons (Fsp3) is 0.923. The molecule has 16 heavy (non-hydrogen) atoms. The highest BCUT2D eigenvalue weighted by atomic mass is 32.2. The maximum absolute atomic E-state index is 11.8. The molecule has 0 spiro atoms. The second kappa shape index (κ2) is 5.44. The fourth-order valence-electron chi connectivity index (χ4n) is 2.16. The Kier molecular flexibility index (Phi) is 4.72. The summed E-state index contributed by atoms with van der Waals surface area (Å²) in [6, 6.07) is 0. The van der Waals surface area contributed by atoms with Crippen LogP contribution in [-0.4, -0.2) is 23.5 Å². The van der Waals surface area contributed by atoms with Gasteiger partial charge in [0, 0.05) is 16.7 Å². The van der Waals surface area contributed by atoms with Crippen molar-refractivity contribution in [3.63, 3.8) is 0 Å². The Balaban J connectivity index is 2.48. The van der Waals surface area contributed by atoms with Gasteiger partial charge in [0.25, 0.3) is 0 Å². The van der Waals surface area contributed by atoms with Crippen molar-refractivity contribution in [2.24, 2.45) is 5.41 Å². The van der Waals surface area contributed by atoms with Crippen LogP contribution in [0.3, 0.4) is 0 Å². The van der Waals surface area contributed by atoms with E-state index in [4.69, 9.17) is 0 Å². The van der Waals surface area contributed by atoms with Gasteiger partial charge in [-0.3, -0.25) is 4.79 Å². The second-order valence-electron chi connectivity index (χ2n) is 5.88. The van der Waals surface area contributed by atoms with Crippen LogP contribution < -0.4 is 5.32 Å². The first-order valence-corrected chi connectivity index (χ1v) is 7.46. The van der Waals surface area contributed by atoms with Crippen LogP contribution in [0.4, 0.5) is 0 Å². The van der Waals surface area contributed by atoms with Crippen molar-refractivity contribution in [3.8, 4) is 0 Å². The van der Waals surface area contributed by atoms with E-state index >= 15 is 0 Å². The zero-order chi connectivity index (χ0) is 12.2. The average molecular weight is 243 g/mol. The molecule has 1 fully saturated rings. The van der Waals surface area contributed by atoms with Crippen LogP contribution in [0.15, 0.2) is 0 Å². The molecule has 0 aromatic heterocycles. The number of carbonyl (C=O) groups is 1. The quantitative estimate of drug-likeness (QED) is 0.824. The predicted molar refractivity (Wildman–Crippen MR) is 71.8 cm³/mol. The van der Waals surface area contributed by atoms with Crippen LogP contribution in [0, 0.1) is 5.41 Å². The molecule has 0 saturated heterocycles. The molecule has 0 aromatic carbocycles. The standard InChI is InChI=1S/C13H25NOS/c1-12(2,3)11(15)14-10-13(16-4)8-6-5-7-9-13/h5-10H2,1-4H3,(H,14,15). The Morgan fingerprint density at radius 1 is 1.25 bits per heavy atom. The molecule has 1 aliphatic rings. The van der Waals surface area contributed by atoms with Crippen molar-refractivity contribution in [2.45, 2.75) is 57.6 Å². The third kappa shape index (κ3) is 3.69. The van der Waals surface area contributed by atoms with Crippen molar-refractivity contribution in [3.05, 3.63) is 0 Å². The van der Waals surface area contributed by atoms with Gasteiger partial charge >= 0.3 is 0 Å². The summed E-state index contributed by atoms with van der Waals surface area (Å²) in [5.41, 5.74) is -0.270. The Morgan fingerprint density at radius 2 is 1.81 bits per heavy atom. The molecule has 1 saturated carbocycles. The van der Waals surface area contributed by atoms with Gasteiger partial charge in [0.2, 0.25) is 5.91 Å². The summed E-state index contributed by atoms with van der Waals surface area (Å²) in [6.45, 7) is 6.74. The SMILES string of the molecule is CSC1(CNC(=O)C(C)(C)C)CCCCC1. The number of hydrogen-bond acceptors (Lipinski definition) is 2. The normalized spacial score (nSPS) is 20.5. The van der Waals surface area contributed by atoms with E-state index in [2.05, 4.69) is 11.6 Å². The van der Waals surface area contributed by atoms with E-state index in [9.17, 15) is 4.79 Å². The zero-order valence-corrected chi connectivity index (χ0v) is 11.9. The summed E-state index contributed by atoms with van der Waals surface area (Å²) in [5, 5.41) is 3.12. The molecule has 1 rings (SSSR count). The zero-order valence-electron chi connectivity index (χ0n) is 11.1. The Bertz CT molecular complexity index is 239. The number of carbonyl (C=O) groups excluding carboxylic acids is 1. The molecular weight excluding hydrogens is 218 g/mol. The second-order valence-corrected chi connectivity index (χ2v) is 7.15. The van der Waals surface area contributed by atoms with Crippen LogP contribution in [0.2, 0.25) is 0 Å². The molecule has 0 aromatic rings. The maximum atomic E-state index is 11.8. The van der Waals surface area contributed by atoms with Crippen molar-refractivity contribution in [2.75, 3.05) is 12.8 Å². The first-order valence-electron chi connectivity index (χ1n) is 6.23. The van der Waals surface area contributed by atoms with E-state index in [-0.39, 0.29) is 11.3 Å².